The highest BCUT2D eigenvalue weighted by atomic mass is 31.1. The minimum atomic E-state index is -0.576. The third-order valence-corrected chi connectivity index (χ3v) is 11.6. The fourth-order valence-corrected chi connectivity index (χ4v) is 9.31. The molecule has 5 aromatic rings. The monoisotopic (exact) mass is 532 g/mol. The van der Waals surface area contributed by atoms with E-state index in [0.29, 0.717) is 0 Å². The summed E-state index contributed by atoms with van der Waals surface area (Å²) >= 11 is 0. The van der Waals surface area contributed by atoms with Crippen LogP contribution in [0.15, 0.2) is 146 Å². The second kappa shape index (κ2) is 12.9. The zero-order chi connectivity index (χ0) is 26.2. The Bertz CT molecular complexity index is 1210. The minimum absolute atomic E-state index is 0.576. The van der Waals surface area contributed by atoms with Gasteiger partial charge < -0.3 is 9.80 Å². The van der Waals surface area contributed by atoms with Gasteiger partial charge in [0.25, 0.3) is 0 Å². The van der Waals surface area contributed by atoms with E-state index in [1.165, 1.54) is 32.6 Å². The van der Waals surface area contributed by atoms with E-state index in [1.54, 1.807) is 0 Å². The summed E-state index contributed by atoms with van der Waals surface area (Å²) in [6.07, 6.45) is 1.92. The third-order valence-electron chi connectivity index (χ3n) is 6.63. The maximum Gasteiger partial charge on any atom is 0.0463 e. The average Bonchev–Trinajstić information content (AvgIpc) is 2.99. The Morgan fingerprint density at radius 1 is 0.395 bits per heavy atom. The summed E-state index contributed by atoms with van der Waals surface area (Å²) in [5.41, 5.74) is 2.49. The highest BCUT2D eigenvalue weighted by molar-refractivity contribution is 7.74. The Labute approximate surface area is 230 Å². The van der Waals surface area contributed by atoms with E-state index in [2.05, 4.69) is 169 Å². The van der Waals surface area contributed by atoms with Gasteiger partial charge in [-0.1, -0.05) is 121 Å². The first kappa shape index (κ1) is 26.2. The molecule has 0 bridgehead atoms. The van der Waals surface area contributed by atoms with Gasteiger partial charge in [-0.25, -0.2) is 0 Å². The molecular weight excluding hydrogens is 498 g/mol. The van der Waals surface area contributed by atoms with Crippen LogP contribution in [-0.2, 0) is 0 Å². The topological polar surface area (TPSA) is 6.48 Å². The molecule has 4 heteroatoms. The molecule has 2 nitrogen and oxygen atoms in total. The van der Waals surface area contributed by atoms with E-state index < -0.39 is 15.8 Å². The van der Waals surface area contributed by atoms with Crippen LogP contribution >= 0.6 is 15.8 Å². The molecule has 0 spiro atoms. The van der Waals surface area contributed by atoms with Crippen molar-refractivity contribution in [2.75, 3.05) is 36.5 Å². The summed E-state index contributed by atoms with van der Waals surface area (Å²) in [7, 11) is 3.04. The molecule has 0 unspecified atom stereocenters. The molecule has 0 atom stereocenters. The zero-order valence-corrected chi connectivity index (χ0v) is 23.8. The van der Waals surface area contributed by atoms with Crippen molar-refractivity contribution in [2.45, 2.75) is 0 Å². The molecule has 5 aromatic carbocycles. The van der Waals surface area contributed by atoms with Gasteiger partial charge in [0.2, 0.25) is 0 Å². The summed E-state index contributed by atoms with van der Waals surface area (Å²) in [5.74, 6) is 0. The molecule has 0 saturated heterocycles. The highest BCUT2D eigenvalue weighted by Crippen LogP contribution is 2.41. The third kappa shape index (κ3) is 6.51. The molecule has 0 saturated carbocycles. The van der Waals surface area contributed by atoms with Crippen molar-refractivity contribution in [2.24, 2.45) is 0 Å². The molecule has 5 rings (SSSR count). The van der Waals surface area contributed by atoms with E-state index in [0.717, 1.165) is 12.6 Å². The van der Waals surface area contributed by atoms with Crippen molar-refractivity contribution in [1.29, 1.82) is 0 Å². The van der Waals surface area contributed by atoms with Crippen LogP contribution in [-0.4, -0.2) is 26.7 Å². The lowest BCUT2D eigenvalue weighted by atomic mass is 10.2. The Hall–Kier alpha value is -3.44. The summed E-state index contributed by atoms with van der Waals surface area (Å²) in [6, 6.07) is 53.3. The van der Waals surface area contributed by atoms with E-state index in [9.17, 15) is 0 Å². The van der Waals surface area contributed by atoms with Crippen molar-refractivity contribution in [3.63, 3.8) is 0 Å². The predicted octanol–water partition coefficient (Wildman–Crippen LogP) is 6.74. The molecule has 0 aromatic heterocycles. The number of rotatable bonds is 10. The standard InChI is InChI=1S/C34H34N2P2/c1-35(2)29-23-25-30(26-24-29)36(27-37(31-15-7-3-8-16-31)32-17-9-4-10-18-32)28-38(33-19-11-5-12-20-33)34-21-13-6-14-22-34/h3-26H,27-28H2,1-2H3. The second-order valence-corrected chi connectivity index (χ2v) is 13.8. The number of nitrogens with zero attached hydrogens (tertiary/aromatic N) is 2. The van der Waals surface area contributed by atoms with Crippen molar-refractivity contribution in [3.8, 4) is 0 Å². The van der Waals surface area contributed by atoms with Gasteiger partial charge in [0.05, 0.1) is 0 Å². The molecule has 0 aliphatic carbocycles. The van der Waals surface area contributed by atoms with Crippen molar-refractivity contribution in [1.82, 2.24) is 0 Å². The first-order valence-electron chi connectivity index (χ1n) is 13.0. The summed E-state index contributed by atoms with van der Waals surface area (Å²) in [5, 5.41) is 5.64. The number of benzene rings is 5. The van der Waals surface area contributed by atoms with Crippen LogP contribution in [0.1, 0.15) is 0 Å². The van der Waals surface area contributed by atoms with Crippen molar-refractivity contribution in [3.05, 3.63) is 146 Å². The summed E-state index contributed by atoms with van der Waals surface area (Å²) in [4.78, 5) is 4.80. The lowest BCUT2D eigenvalue weighted by Gasteiger charge is -2.34. The van der Waals surface area contributed by atoms with Crippen LogP contribution in [0.3, 0.4) is 0 Å². The molecule has 0 heterocycles. The van der Waals surface area contributed by atoms with Gasteiger partial charge in [0, 0.05) is 38.0 Å². The van der Waals surface area contributed by atoms with Gasteiger partial charge in [0.15, 0.2) is 0 Å². The van der Waals surface area contributed by atoms with Gasteiger partial charge in [-0.05, 0) is 61.3 Å². The van der Waals surface area contributed by atoms with E-state index in [-0.39, 0.29) is 0 Å². The Morgan fingerprint density at radius 2 is 0.684 bits per heavy atom. The van der Waals surface area contributed by atoms with Gasteiger partial charge in [0.1, 0.15) is 0 Å². The van der Waals surface area contributed by atoms with Crippen LogP contribution in [0, 0.1) is 0 Å². The average molecular weight is 533 g/mol. The van der Waals surface area contributed by atoms with Crippen molar-refractivity contribution >= 4 is 48.4 Å². The van der Waals surface area contributed by atoms with Crippen LogP contribution in [0.4, 0.5) is 11.4 Å². The molecule has 0 fully saturated rings. The summed E-state index contributed by atoms with van der Waals surface area (Å²) in [6.45, 7) is 0. The van der Waals surface area contributed by atoms with E-state index in [1.807, 2.05) is 0 Å². The molecule has 0 radical (unpaired) electrons. The van der Waals surface area contributed by atoms with Crippen LogP contribution in [0.5, 0.6) is 0 Å². The molecule has 38 heavy (non-hydrogen) atoms. The lowest BCUT2D eigenvalue weighted by Crippen LogP contribution is -2.32. The number of hydrogen-bond donors (Lipinski definition) is 0. The fraction of sp³-hybridized carbons (Fsp3) is 0.118. The Kier molecular flexibility index (Phi) is 8.87. The quantitative estimate of drug-likeness (QED) is 0.184. The number of anilines is 2. The first-order chi connectivity index (χ1) is 18.7. The minimum Gasteiger partial charge on any atom is -0.378 e. The molecular formula is C34H34N2P2. The largest absolute Gasteiger partial charge is 0.378 e. The first-order valence-corrected chi connectivity index (χ1v) is 16.0. The Morgan fingerprint density at radius 3 is 0.974 bits per heavy atom. The van der Waals surface area contributed by atoms with Crippen LogP contribution in [0.25, 0.3) is 0 Å². The van der Waals surface area contributed by atoms with Gasteiger partial charge in [-0.15, -0.1) is 0 Å². The van der Waals surface area contributed by atoms with Crippen molar-refractivity contribution < 1.29 is 0 Å². The van der Waals surface area contributed by atoms with E-state index in [4.69, 9.17) is 0 Å². The van der Waals surface area contributed by atoms with Crippen LogP contribution in [0.2, 0.25) is 0 Å². The SMILES string of the molecule is CN(C)c1ccc(N(CP(c2ccccc2)c2ccccc2)CP(c2ccccc2)c2ccccc2)cc1. The van der Waals surface area contributed by atoms with E-state index >= 15 is 0 Å². The molecule has 0 aliphatic heterocycles. The maximum absolute atomic E-state index is 2.64. The van der Waals surface area contributed by atoms with Gasteiger partial charge >= 0.3 is 0 Å². The zero-order valence-electron chi connectivity index (χ0n) is 22.1. The number of hydrogen-bond acceptors (Lipinski definition) is 2. The molecule has 190 valence electrons. The summed E-state index contributed by atoms with van der Waals surface area (Å²) < 4.78 is 0. The van der Waals surface area contributed by atoms with Gasteiger partial charge in [-0.3, -0.25) is 0 Å². The normalized spacial score (nSPS) is 11.1. The molecule has 0 amide bonds. The Balaban J connectivity index is 1.57. The molecule has 0 N–H and O–H groups in total. The highest BCUT2D eigenvalue weighted by Gasteiger charge is 2.23. The van der Waals surface area contributed by atoms with Gasteiger partial charge in [-0.2, -0.15) is 0 Å². The lowest BCUT2D eigenvalue weighted by molar-refractivity contribution is 1.05. The molecule has 0 aliphatic rings. The second-order valence-electron chi connectivity index (χ2n) is 9.43. The fourth-order valence-electron chi connectivity index (χ4n) is 4.57. The predicted molar refractivity (Wildman–Crippen MR) is 171 cm³/mol. The smallest absolute Gasteiger partial charge is 0.0463 e. The van der Waals surface area contributed by atoms with Crippen LogP contribution < -0.4 is 31.0 Å². The maximum atomic E-state index is 2.64.